The van der Waals surface area contributed by atoms with Crippen LogP contribution in [-0.4, -0.2) is 4.98 Å². The predicted octanol–water partition coefficient (Wildman–Crippen LogP) is 4.34. The first kappa shape index (κ1) is 9.37. The van der Waals surface area contributed by atoms with E-state index in [-0.39, 0.29) is 0 Å². The van der Waals surface area contributed by atoms with Crippen LogP contribution in [0.3, 0.4) is 0 Å². The van der Waals surface area contributed by atoms with Crippen LogP contribution in [0.1, 0.15) is 0 Å². The van der Waals surface area contributed by atoms with Gasteiger partial charge in [0, 0.05) is 15.4 Å². The molecule has 66 valence electrons. The number of hydrogen-bond donors (Lipinski definition) is 0. The van der Waals surface area contributed by atoms with Gasteiger partial charge in [-0.05, 0) is 28.1 Å². The third-order valence-electron chi connectivity index (χ3n) is 1.62. The summed E-state index contributed by atoms with van der Waals surface area (Å²) in [6.45, 7) is 0. The Kier molecular flexibility index (Phi) is 2.81. The summed E-state index contributed by atoms with van der Waals surface area (Å²) in [6.07, 6.45) is 0. The van der Waals surface area contributed by atoms with E-state index in [0.29, 0.717) is 0 Å². The number of halogens is 2. The number of benzene rings is 1. The van der Waals surface area contributed by atoms with Crippen LogP contribution < -0.4 is 0 Å². The minimum absolute atomic E-state index is 0.922. The van der Waals surface area contributed by atoms with Crippen LogP contribution in [-0.2, 0) is 0 Å². The number of rotatable bonds is 1. The fourth-order valence-electron chi connectivity index (χ4n) is 1.01. The Morgan fingerprint density at radius 3 is 2.31 bits per heavy atom. The average molecular weight is 319 g/mol. The first-order chi connectivity index (χ1) is 6.25. The Hall–Kier alpha value is -0.190. The van der Waals surface area contributed by atoms with Gasteiger partial charge in [-0.1, -0.05) is 28.1 Å². The summed E-state index contributed by atoms with van der Waals surface area (Å²) in [7, 11) is 0. The maximum atomic E-state index is 4.33. The fourth-order valence-corrected chi connectivity index (χ4v) is 2.29. The second-order valence-corrected chi connectivity index (χ2v) is 5.54. The van der Waals surface area contributed by atoms with Gasteiger partial charge in [0.25, 0.3) is 0 Å². The van der Waals surface area contributed by atoms with Crippen molar-refractivity contribution in [1.29, 1.82) is 0 Å². The highest BCUT2D eigenvalue weighted by atomic mass is 79.9. The molecule has 0 fully saturated rings. The van der Waals surface area contributed by atoms with Crippen LogP contribution in [0.25, 0.3) is 11.3 Å². The van der Waals surface area contributed by atoms with Crippen LogP contribution in [0.15, 0.2) is 38.0 Å². The number of aromatic nitrogens is 1. The van der Waals surface area contributed by atoms with Gasteiger partial charge in [0.15, 0.2) is 3.92 Å². The molecule has 0 unspecified atom stereocenters. The van der Waals surface area contributed by atoms with E-state index in [9.17, 15) is 0 Å². The van der Waals surface area contributed by atoms with E-state index in [1.54, 1.807) is 11.3 Å². The zero-order valence-corrected chi connectivity index (χ0v) is 10.5. The SMILES string of the molecule is Brc1ccc(-c2csc(Br)n2)cc1. The molecule has 0 saturated carbocycles. The van der Waals surface area contributed by atoms with Crippen molar-refractivity contribution in [2.24, 2.45) is 0 Å². The molecule has 0 atom stereocenters. The molecule has 2 rings (SSSR count). The van der Waals surface area contributed by atoms with Gasteiger partial charge >= 0.3 is 0 Å². The molecule has 0 aliphatic carbocycles. The molecule has 1 nitrogen and oxygen atoms in total. The lowest BCUT2D eigenvalue weighted by Gasteiger charge is -1.95. The van der Waals surface area contributed by atoms with Crippen LogP contribution in [0.5, 0.6) is 0 Å². The van der Waals surface area contributed by atoms with Crippen molar-refractivity contribution in [2.45, 2.75) is 0 Å². The minimum atomic E-state index is 0.922. The van der Waals surface area contributed by atoms with Crippen molar-refractivity contribution in [3.05, 3.63) is 38.0 Å². The molecule has 0 amide bonds. The zero-order chi connectivity index (χ0) is 9.26. The topological polar surface area (TPSA) is 12.9 Å². The lowest BCUT2D eigenvalue weighted by molar-refractivity contribution is 1.37. The van der Waals surface area contributed by atoms with Gasteiger partial charge in [-0.25, -0.2) is 4.98 Å². The first-order valence-corrected chi connectivity index (χ1v) is 6.09. The molecule has 0 spiro atoms. The lowest BCUT2D eigenvalue weighted by Crippen LogP contribution is -1.75. The van der Waals surface area contributed by atoms with Gasteiger partial charge < -0.3 is 0 Å². The van der Waals surface area contributed by atoms with E-state index in [2.05, 4.69) is 36.8 Å². The molecule has 2 aromatic rings. The molecule has 0 aliphatic rings. The van der Waals surface area contributed by atoms with Crippen LogP contribution >= 0.6 is 43.2 Å². The summed E-state index contributed by atoms with van der Waals surface area (Å²) < 4.78 is 2.01. The summed E-state index contributed by atoms with van der Waals surface area (Å²) in [5.74, 6) is 0. The second kappa shape index (κ2) is 3.90. The van der Waals surface area contributed by atoms with E-state index in [1.807, 2.05) is 29.6 Å². The summed E-state index contributed by atoms with van der Waals surface area (Å²) in [5.41, 5.74) is 2.16. The molecular weight excluding hydrogens is 314 g/mol. The Balaban J connectivity index is 2.41. The van der Waals surface area contributed by atoms with Gasteiger partial charge in [-0.2, -0.15) is 0 Å². The van der Waals surface area contributed by atoms with Crippen molar-refractivity contribution >= 4 is 43.2 Å². The van der Waals surface area contributed by atoms with Gasteiger partial charge in [0.1, 0.15) is 0 Å². The molecule has 0 bridgehead atoms. The standard InChI is InChI=1S/C9H5Br2NS/c10-7-3-1-6(2-4-7)8-5-13-9(11)12-8/h1-5H. The molecular formula is C9H5Br2NS. The van der Waals surface area contributed by atoms with Gasteiger partial charge in [0.2, 0.25) is 0 Å². The van der Waals surface area contributed by atoms with E-state index < -0.39 is 0 Å². The number of thiazole rings is 1. The largest absolute Gasteiger partial charge is 0.229 e. The number of nitrogens with zero attached hydrogens (tertiary/aromatic N) is 1. The highest BCUT2D eigenvalue weighted by Crippen LogP contribution is 2.25. The van der Waals surface area contributed by atoms with Crippen LogP contribution in [0, 0.1) is 0 Å². The van der Waals surface area contributed by atoms with Crippen molar-refractivity contribution < 1.29 is 0 Å². The van der Waals surface area contributed by atoms with Crippen molar-refractivity contribution in [3.8, 4) is 11.3 Å². The third-order valence-corrected chi connectivity index (χ3v) is 3.51. The number of hydrogen-bond acceptors (Lipinski definition) is 2. The van der Waals surface area contributed by atoms with E-state index in [0.717, 1.165) is 19.6 Å². The van der Waals surface area contributed by atoms with Gasteiger partial charge in [-0.15, -0.1) is 11.3 Å². The zero-order valence-electron chi connectivity index (χ0n) is 6.50. The summed E-state index contributed by atoms with van der Waals surface area (Å²) in [4.78, 5) is 4.33. The Bertz CT molecular complexity index is 408. The minimum Gasteiger partial charge on any atom is -0.229 e. The fraction of sp³-hybridized carbons (Fsp3) is 0. The molecule has 1 heterocycles. The Morgan fingerprint density at radius 1 is 1.08 bits per heavy atom. The first-order valence-electron chi connectivity index (χ1n) is 3.63. The predicted molar refractivity (Wildman–Crippen MR) is 63.0 cm³/mol. The van der Waals surface area contributed by atoms with Crippen molar-refractivity contribution in [1.82, 2.24) is 4.98 Å². The van der Waals surface area contributed by atoms with Gasteiger partial charge in [-0.3, -0.25) is 0 Å². The van der Waals surface area contributed by atoms with E-state index in [1.165, 1.54) is 0 Å². The van der Waals surface area contributed by atoms with E-state index in [4.69, 9.17) is 0 Å². The molecule has 0 radical (unpaired) electrons. The average Bonchev–Trinajstić information content (AvgIpc) is 2.53. The van der Waals surface area contributed by atoms with E-state index >= 15 is 0 Å². The molecule has 1 aromatic carbocycles. The molecule has 0 N–H and O–H groups in total. The Morgan fingerprint density at radius 2 is 1.77 bits per heavy atom. The second-order valence-electron chi connectivity index (χ2n) is 2.49. The molecule has 4 heteroatoms. The lowest BCUT2D eigenvalue weighted by atomic mass is 10.2. The Labute approximate surface area is 97.1 Å². The van der Waals surface area contributed by atoms with Gasteiger partial charge in [0.05, 0.1) is 5.69 Å². The molecule has 0 aliphatic heterocycles. The molecule has 1 aromatic heterocycles. The quantitative estimate of drug-likeness (QED) is 0.762. The smallest absolute Gasteiger partial charge is 0.159 e. The maximum Gasteiger partial charge on any atom is 0.159 e. The summed E-state index contributed by atoms with van der Waals surface area (Å²) >= 11 is 8.34. The highest BCUT2D eigenvalue weighted by Gasteiger charge is 2.01. The maximum absolute atomic E-state index is 4.33. The van der Waals surface area contributed by atoms with Crippen molar-refractivity contribution in [2.75, 3.05) is 0 Å². The van der Waals surface area contributed by atoms with Crippen LogP contribution in [0.4, 0.5) is 0 Å². The molecule has 13 heavy (non-hydrogen) atoms. The van der Waals surface area contributed by atoms with Crippen LogP contribution in [0.2, 0.25) is 0 Å². The highest BCUT2D eigenvalue weighted by molar-refractivity contribution is 9.11. The molecule has 0 saturated heterocycles. The monoisotopic (exact) mass is 317 g/mol. The summed E-state index contributed by atoms with van der Waals surface area (Å²) in [5, 5.41) is 2.04. The van der Waals surface area contributed by atoms with Crippen molar-refractivity contribution in [3.63, 3.8) is 0 Å². The third kappa shape index (κ3) is 2.18. The summed E-state index contributed by atoms with van der Waals surface area (Å²) in [6, 6.07) is 8.13. The normalized spacial score (nSPS) is 10.3.